The Morgan fingerprint density at radius 2 is 1.90 bits per heavy atom. The predicted molar refractivity (Wildman–Crippen MR) is 118 cm³/mol. The van der Waals surface area contributed by atoms with Crippen LogP contribution >= 0.6 is 0 Å². The number of carbonyl (C=O) groups is 1. The summed E-state index contributed by atoms with van der Waals surface area (Å²) in [5, 5.41) is 10.4. The van der Waals surface area contributed by atoms with Gasteiger partial charge in [-0.15, -0.1) is 0 Å². The number of aliphatic hydroxyl groups is 1. The van der Waals surface area contributed by atoms with Crippen molar-refractivity contribution in [3.8, 4) is 17.0 Å². The Hall–Kier alpha value is -3.04. The fourth-order valence-corrected chi connectivity index (χ4v) is 4.29. The van der Waals surface area contributed by atoms with E-state index >= 15 is 0 Å². The fourth-order valence-electron chi connectivity index (χ4n) is 3.35. The Bertz CT molecular complexity index is 1280. The number of sulfone groups is 1. The minimum Gasteiger partial charge on any atom is -0.481 e. The molecular weight excluding hydrogens is 420 g/mol. The fraction of sp³-hybridized carbons (Fsp3) is 0.318. The summed E-state index contributed by atoms with van der Waals surface area (Å²) in [5.74, 6) is -0.283. The van der Waals surface area contributed by atoms with Crippen LogP contribution in [0, 0.1) is 0 Å². The molecule has 0 aliphatic rings. The third kappa shape index (κ3) is 4.38. The molecule has 9 heteroatoms. The molecule has 0 bridgehead atoms. The lowest BCUT2D eigenvalue weighted by Gasteiger charge is -2.25. The van der Waals surface area contributed by atoms with Gasteiger partial charge in [0.1, 0.15) is 11.4 Å². The van der Waals surface area contributed by atoms with E-state index in [1.165, 1.54) is 11.5 Å². The van der Waals surface area contributed by atoms with Gasteiger partial charge in [-0.3, -0.25) is 9.59 Å². The molecule has 3 rings (SSSR count). The first-order valence-electron chi connectivity index (χ1n) is 9.58. The summed E-state index contributed by atoms with van der Waals surface area (Å²) in [6, 6.07) is 10.8. The van der Waals surface area contributed by atoms with Crippen LogP contribution in [0.4, 0.5) is 0 Å². The highest BCUT2D eigenvalue weighted by Gasteiger charge is 2.42. The number of benzene rings is 1. The maximum Gasteiger partial charge on any atom is 0.258 e. The van der Waals surface area contributed by atoms with E-state index < -0.39 is 27.0 Å². The van der Waals surface area contributed by atoms with Gasteiger partial charge in [-0.25, -0.2) is 13.4 Å². The number of aromatic nitrogens is 2. The summed E-state index contributed by atoms with van der Waals surface area (Å²) in [6.07, 6.45) is 4.10. The van der Waals surface area contributed by atoms with Crippen LogP contribution in [0.5, 0.6) is 5.88 Å². The first-order chi connectivity index (χ1) is 14.6. The number of carbonyl (C=O) groups excluding carboxylic acids is 1. The Kier molecular flexibility index (Phi) is 6.28. The summed E-state index contributed by atoms with van der Waals surface area (Å²) < 4.78 is 29.0. The van der Waals surface area contributed by atoms with Crippen molar-refractivity contribution >= 4 is 26.4 Å². The van der Waals surface area contributed by atoms with Crippen LogP contribution in [0.15, 0.2) is 53.6 Å². The van der Waals surface area contributed by atoms with E-state index in [-0.39, 0.29) is 18.5 Å². The van der Waals surface area contributed by atoms with Crippen molar-refractivity contribution in [2.24, 2.45) is 0 Å². The van der Waals surface area contributed by atoms with Crippen molar-refractivity contribution in [3.05, 3.63) is 59.1 Å². The van der Waals surface area contributed by atoms with Gasteiger partial charge in [-0.05, 0) is 48.6 Å². The zero-order chi connectivity index (χ0) is 22.8. The van der Waals surface area contributed by atoms with Crippen LogP contribution in [0.2, 0.25) is 0 Å². The monoisotopic (exact) mass is 444 g/mol. The Morgan fingerprint density at radius 1 is 1.19 bits per heavy atom. The molecule has 1 aromatic carbocycles. The van der Waals surface area contributed by atoms with Gasteiger partial charge in [0.05, 0.1) is 7.11 Å². The lowest BCUT2D eigenvalue weighted by molar-refractivity contribution is -0.124. The van der Waals surface area contributed by atoms with Crippen LogP contribution in [0.1, 0.15) is 13.3 Å². The average Bonchev–Trinajstić information content (AvgIpc) is 2.76. The van der Waals surface area contributed by atoms with E-state index in [4.69, 9.17) is 4.74 Å². The van der Waals surface area contributed by atoms with Crippen molar-refractivity contribution in [2.45, 2.75) is 24.6 Å². The van der Waals surface area contributed by atoms with Crippen molar-refractivity contribution in [1.29, 1.82) is 0 Å². The number of aliphatic hydroxyl groups excluding tert-OH is 1. The molecule has 0 spiro atoms. The smallest absolute Gasteiger partial charge is 0.258 e. The van der Waals surface area contributed by atoms with E-state index in [0.29, 0.717) is 11.3 Å². The number of Topliss-reactive ketones (excluding diaryl/α,β-unsaturated/α-hetero) is 1. The maximum atomic E-state index is 12.9. The van der Waals surface area contributed by atoms with E-state index in [2.05, 4.69) is 4.98 Å². The van der Waals surface area contributed by atoms with Gasteiger partial charge in [0, 0.05) is 42.2 Å². The highest BCUT2D eigenvalue weighted by atomic mass is 32.2. The topological polar surface area (TPSA) is 116 Å². The van der Waals surface area contributed by atoms with Gasteiger partial charge in [-0.1, -0.05) is 6.07 Å². The number of ether oxygens (including phenoxy) is 1. The molecule has 0 saturated heterocycles. The molecule has 0 amide bonds. The molecular formula is C22H24N2O6S. The van der Waals surface area contributed by atoms with Crippen LogP contribution < -0.4 is 10.3 Å². The van der Waals surface area contributed by atoms with Crippen LogP contribution in [0.3, 0.4) is 0 Å². The molecule has 2 aromatic heterocycles. The summed E-state index contributed by atoms with van der Waals surface area (Å²) >= 11 is 0. The number of hydrogen-bond acceptors (Lipinski definition) is 7. The zero-order valence-electron chi connectivity index (χ0n) is 17.5. The molecule has 1 N–H and O–H groups in total. The molecule has 3 aromatic rings. The molecule has 0 aliphatic carbocycles. The van der Waals surface area contributed by atoms with Crippen LogP contribution in [0.25, 0.3) is 21.9 Å². The van der Waals surface area contributed by atoms with Gasteiger partial charge in [0.15, 0.2) is 15.6 Å². The van der Waals surface area contributed by atoms with Crippen molar-refractivity contribution in [1.82, 2.24) is 9.55 Å². The van der Waals surface area contributed by atoms with Gasteiger partial charge >= 0.3 is 0 Å². The van der Waals surface area contributed by atoms with Gasteiger partial charge in [0.2, 0.25) is 5.88 Å². The number of hydrogen-bond donors (Lipinski definition) is 1. The highest BCUT2D eigenvalue weighted by Crippen LogP contribution is 2.25. The third-order valence-corrected chi connectivity index (χ3v) is 7.71. The normalized spacial score (nSPS) is 13.7. The molecule has 0 unspecified atom stereocenters. The van der Waals surface area contributed by atoms with E-state index in [0.717, 1.165) is 22.8 Å². The predicted octanol–water partition coefficient (Wildman–Crippen LogP) is 1.83. The number of methoxy groups -OCH3 is 1. The first kappa shape index (κ1) is 22.6. The summed E-state index contributed by atoms with van der Waals surface area (Å²) in [7, 11) is -2.24. The van der Waals surface area contributed by atoms with E-state index in [1.807, 2.05) is 18.2 Å². The lowest BCUT2D eigenvalue weighted by atomic mass is 10.0. The molecule has 0 saturated carbocycles. The van der Waals surface area contributed by atoms with Gasteiger partial charge in [-0.2, -0.15) is 0 Å². The Morgan fingerprint density at radius 3 is 2.48 bits per heavy atom. The highest BCUT2D eigenvalue weighted by molar-refractivity contribution is 7.92. The lowest BCUT2D eigenvalue weighted by Crippen LogP contribution is -2.46. The van der Waals surface area contributed by atoms with E-state index in [1.54, 1.807) is 37.7 Å². The second-order valence-electron chi connectivity index (χ2n) is 7.54. The third-order valence-electron chi connectivity index (χ3n) is 5.64. The van der Waals surface area contributed by atoms with Crippen molar-refractivity contribution in [2.75, 3.05) is 20.0 Å². The SMILES string of the molecule is COc1ccc(-c2ccc3c(=O)n(CC[C@](C)(C(=O)CO)S(C)(=O)=O)ccc3c2)cn1. The molecule has 2 heterocycles. The maximum absolute atomic E-state index is 12.9. The number of nitrogens with zero attached hydrogens (tertiary/aromatic N) is 2. The van der Waals surface area contributed by atoms with Crippen molar-refractivity contribution < 1.29 is 23.1 Å². The number of ketones is 1. The van der Waals surface area contributed by atoms with Crippen molar-refractivity contribution in [3.63, 3.8) is 0 Å². The van der Waals surface area contributed by atoms with Crippen LogP contribution in [-0.2, 0) is 21.2 Å². The second kappa shape index (κ2) is 8.60. The summed E-state index contributed by atoms with van der Waals surface area (Å²) in [6.45, 7) is 0.426. The quantitative estimate of drug-likeness (QED) is 0.563. The zero-order valence-corrected chi connectivity index (χ0v) is 18.3. The van der Waals surface area contributed by atoms with Gasteiger partial charge < -0.3 is 14.4 Å². The van der Waals surface area contributed by atoms with Crippen LogP contribution in [-0.4, -0.2) is 53.6 Å². The standard InChI is InChI=1S/C22H24N2O6S/c1-22(19(26)14-25,31(3,28)29)9-11-24-10-8-16-12-15(4-6-18(16)21(24)27)17-5-7-20(30-2)23-13-17/h4-8,10,12-13,25H,9,11,14H2,1-3H3/t22-/m1/s1. The van der Waals surface area contributed by atoms with E-state index in [9.17, 15) is 23.1 Å². The first-order valence-corrected chi connectivity index (χ1v) is 11.5. The molecule has 8 nitrogen and oxygen atoms in total. The second-order valence-corrected chi connectivity index (χ2v) is 9.99. The molecule has 0 radical (unpaired) electrons. The Balaban J connectivity index is 1.92. The number of fused-ring (bicyclic) bond motifs is 1. The molecule has 0 fully saturated rings. The molecule has 1 atom stereocenters. The summed E-state index contributed by atoms with van der Waals surface area (Å²) in [4.78, 5) is 29.2. The minimum absolute atomic E-state index is 0.0221. The minimum atomic E-state index is -3.78. The summed E-state index contributed by atoms with van der Waals surface area (Å²) in [5.41, 5.74) is 1.47. The largest absolute Gasteiger partial charge is 0.481 e. The molecule has 31 heavy (non-hydrogen) atoms. The number of pyridine rings is 2. The van der Waals surface area contributed by atoms with Gasteiger partial charge in [0.25, 0.3) is 5.56 Å². The number of rotatable bonds is 8. The number of aryl methyl sites for hydroxylation is 1. The molecule has 164 valence electrons. The Labute approximate surface area is 180 Å². The average molecular weight is 445 g/mol. The molecule has 0 aliphatic heterocycles.